The molecule has 2 aromatic heterocycles. The summed E-state index contributed by atoms with van der Waals surface area (Å²) in [5, 5.41) is 20.0. The number of ether oxygens (including phenoxy) is 2. The lowest BCUT2D eigenvalue weighted by Crippen LogP contribution is -2.32. The summed E-state index contributed by atoms with van der Waals surface area (Å²) in [5.74, 6) is -0.0393. The number of tetrazole rings is 1. The van der Waals surface area contributed by atoms with Crippen molar-refractivity contribution in [1.82, 2.24) is 25.2 Å². The van der Waals surface area contributed by atoms with E-state index in [-0.39, 0.29) is 17.2 Å². The molecule has 1 N–H and O–H groups in total. The van der Waals surface area contributed by atoms with Gasteiger partial charge in [-0.2, -0.15) is 0 Å². The first-order chi connectivity index (χ1) is 13.7. The number of alkyl halides is 5. The number of aliphatic hydroxyl groups is 1. The third-order valence-electron chi connectivity index (χ3n) is 3.59. The second-order valence-corrected chi connectivity index (χ2v) is 5.60. The first-order valence-electron chi connectivity index (χ1n) is 7.91. The molecule has 0 saturated carbocycles. The molecule has 0 fully saturated rings. The van der Waals surface area contributed by atoms with Crippen LogP contribution in [-0.4, -0.2) is 49.2 Å². The normalized spacial score (nSPS) is 13.9. The Kier molecular flexibility index (Phi) is 5.87. The van der Waals surface area contributed by atoms with Gasteiger partial charge in [-0.25, -0.2) is 13.5 Å². The lowest BCUT2D eigenvalue weighted by atomic mass is 10.1. The number of nitrogens with zero attached hydrogens (tertiary/aromatic N) is 5. The molecule has 0 bridgehead atoms. The fraction of sp³-hybridized carbons (Fsp3) is 0.250. The Morgan fingerprint density at radius 2 is 1.62 bits per heavy atom. The Balaban J connectivity index is 1.74. The molecule has 1 aromatic carbocycles. The molecule has 3 aromatic rings. The number of halogens is 5. The fourth-order valence-corrected chi connectivity index (χ4v) is 2.37. The minimum atomic E-state index is -4.80. The minimum Gasteiger partial charge on any atom is -0.456 e. The zero-order valence-corrected chi connectivity index (χ0v) is 14.2. The third-order valence-corrected chi connectivity index (χ3v) is 3.59. The monoisotopic (exact) mass is 417 g/mol. The summed E-state index contributed by atoms with van der Waals surface area (Å²) in [7, 11) is 0. The van der Waals surface area contributed by atoms with Gasteiger partial charge >= 0.3 is 6.36 Å². The Morgan fingerprint density at radius 1 is 0.966 bits per heavy atom. The molecule has 2 heterocycles. The van der Waals surface area contributed by atoms with E-state index in [4.69, 9.17) is 4.74 Å². The number of rotatable bonds is 7. The van der Waals surface area contributed by atoms with Gasteiger partial charge in [-0.05, 0) is 46.8 Å². The van der Waals surface area contributed by atoms with Crippen molar-refractivity contribution >= 4 is 0 Å². The molecule has 29 heavy (non-hydrogen) atoms. The standard InChI is InChI=1S/C16H12F5N5O3/c17-15(18)14(27)13(26-8-23-24-25-26)12-6-5-11(7-22-12)28-9-1-3-10(4-2-9)29-16(19,20)21/h1-8,13-15,27H. The molecule has 154 valence electrons. The molecule has 2 atom stereocenters. The third kappa shape index (κ3) is 5.34. The van der Waals surface area contributed by atoms with Crippen LogP contribution in [0.15, 0.2) is 48.9 Å². The Bertz CT molecular complexity index is 904. The number of hydrogen-bond donors (Lipinski definition) is 1. The van der Waals surface area contributed by atoms with Gasteiger partial charge in [-0.15, -0.1) is 18.3 Å². The molecule has 0 saturated heterocycles. The van der Waals surface area contributed by atoms with E-state index in [2.05, 4.69) is 25.2 Å². The second kappa shape index (κ2) is 8.34. The summed E-state index contributed by atoms with van der Waals surface area (Å²) in [6.07, 6.45) is -7.72. The van der Waals surface area contributed by atoms with Crippen LogP contribution in [0.2, 0.25) is 0 Å². The highest BCUT2D eigenvalue weighted by atomic mass is 19.4. The number of aromatic nitrogens is 5. The van der Waals surface area contributed by atoms with E-state index in [9.17, 15) is 27.1 Å². The minimum absolute atomic E-state index is 0.0476. The largest absolute Gasteiger partial charge is 0.573 e. The quantitative estimate of drug-likeness (QED) is 0.591. The smallest absolute Gasteiger partial charge is 0.456 e. The fourth-order valence-electron chi connectivity index (χ4n) is 2.37. The van der Waals surface area contributed by atoms with E-state index in [0.717, 1.165) is 23.1 Å². The first kappa shape index (κ1) is 20.4. The Labute approximate surface area is 159 Å². The molecule has 0 spiro atoms. The topological polar surface area (TPSA) is 95.2 Å². The molecule has 13 heteroatoms. The van der Waals surface area contributed by atoms with Gasteiger partial charge in [0, 0.05) is 0 Å². The van der Waals surface area contributed by atoms with Crippen LogP contribution in [0.4, 0.5) is 22.0 Å². The van der Waals surface area contributed by atoms with Crippen molar-refractivity contribution in [2.75, 3.05) is 0 Å². The van der Waals surface area contributed by atoms with Crippen molar-refractivity contribution in [2.45, 2.75) is 24.9 Å². The van der Waals surface area contributed by atoms with Gasteiger partial charge in [0.25, 0.3) is 6.43 Å². The molecular weight excluding hydrogens is 405 g/mol. The summed E-state index contributed by atoms with van der Waals surface area (Å²) in [6, 6.07) is 6.01. The van der Waals surface area contributed by atoms with E-state index in [1.54, 1.807) is 0 Å². The summed E-state index contributed by atoms with van der Waals surface area (Å²) < 4.78 is 72.6. The SMILES string of the molecule is OC(C(F)F)C(c1ccc(Oc2ccc(OC(F)(F)F)cc2)cn1)n1cnnn1. The van der Waals surface area contributed by atoms with E-state index in [0.29, 0.717) is 0 Å². The summed E-state index contributed by atoms with van der Waals surface area (Å²) in [4.78, 5) is 3.99. The van der Waals surface area contributed by atoms with E-state index < -0.39 is 30.7 Å². The molecule has 2 unspecified atom stereocenters. The maximum Gasteiger partial charge on any atom is 0.573 e. The van der Waals surface area contributed by atoms with Gasteiger partial charge in [0.2, 0.25) is 0 Å². The highest BCUT2D eigenvalue weighted by molar-refractivity contribution is 5.35. The maximum absolute atomic E-state index is 13.0. The van der Waals surface area contributed by atoms with Crippen molar-refractivity contribution in [3.63, 3.8) is 0 Å². The van der Waals surface area contributed by atoms with Gasteiger partial charge in [0.05, 0.1) is 11.9 Å². The van der Waals surface area contributed by atoms with Gasteiger partial charge in [-0.3, -0.25) is 4.98 Å². The van der Waals surface area contributed by atoms with Gasteiger partial charge < -0.3 is 14.6 Å². The lowest BCUT2D eigenvalue weighted by molar-refractivity contribution is -0.274. The molecule has 0 radical (unpaired) electrons. The summed E-state index contributed by atoms with van der Waals surface area (Å²) in [5.41, 5.74) is 0.0476. The van der Waals surface area contributed by atoms with Crippen LogP contribution in [0.25, 0.3) is 0 Å². The second-order valence-electron chi connectivity index (χ2n) is 5.60. The van der Waals surface area contributed by atoms with E-state index >= 15 is 0 Å². The van der Waals surface area contributed by atoms with Gasteiger partial charge in [0.15, 0.2) is 0 Å². The van der Waals surface area contributed by atoms with Crippen molar-refractivity contribution in [1.29, 1.82) is 0 Å². The first-order valence-corrected chi connectivity index (χ1v) is 7.91. The van der Waals surface area contributed by atoms with Crippen LogP contribution in [0.5, 0.6) is 17.2 Å². The summed E-state index contributed by atoms with van der Waals surface area (Å²) in [6.45, 7) is 0. The Hall–Kier alpha value is -3.35. The zero-order valence-electron chi connectivity index (χ0n) is 14.2. The lowest BCUT2D eigenvalue weighted by Gasteiger charge is -2.21. The highest BCUT2D eigenvalue weighted by Crippen LogP contribution is 2.29. The van der Waals surface area contributed by atoms with Crippen LogP contribution in [-0.2, 0) is 0 Å². The van der Waals surface area contributed by atoms with Crippen molar-refractivity contribution in [3.05, 3.63) is 54.6 Å². The van der Waals surface area contributed by atoms with Crippen molar-refractivity contribution < 1.29 is 36.5 Å². The van der Waals surface area contributed by atoms with E-state index in [1.165, 1.54) is 30.5 Å². The van der Waals surface area contributed by atoms with Crippen molar-refractivity contribution in [3.8, 4) is 17.2 Å². The van der Waals surface area contributed by atoms with Crippen LogP contribution in [0.3, 0.4) is 0 Å². The number of aliphatic hydroxyl groups excluding tert-OH is 1. The van der Waals surface area contributed by atoms with E-state index in [1.807, 2.05) is 0 Å². The predicted molar refractivity (Wildman–Crippen MR) is 85.4 cm³/mol. The van der Waals surface area contributed by atoms with Crippen LogP contribution in [0, 0.1) is 0 Å². The number of pyridine rings is 1. The molecule has 0 aliphatic heterocycles. The maximum atomic E-state index is 13.0. The molecular formula is C16H12F5N5O3. The molecule has 0 amide bonds. The molecule has 8 nitrogen and oxygen atoms in total. The molecule has 0 aliphatic carbocycles. The predicted octanol–water partition coefficient (Wildman–Crippen LogP) is 2.97. The molecule has 0 aliphatic rings. The zero-order chi connectivity index (χ0) is 21.0. The van der Waals surface area contributed by atoms with Crippen LogP contribution < -0.4 is 9.47 Å². The summed E-state index contributed by atoms with van der Waals surface area (Å²) >= 11 is 0. The number of hydrogen-bond acceptors (Lipinski definition) is 7. The van der Waals surface area contributed by atoms with Crippen LogP contribution >= 0.6 is 0 Å². The Morgan fingerprint density at radius 3 is 2.14 bits per heavy atom. The van der Waals surface area contributed by atoms with Crippen molar-refractivity contribution in [2.24, 2.45) is 0 Å². The van der Waals surface area contributed by atoms with Gasteiger partial charge in [-0.1, -0.05) is 0 Å². The van der Waals surface area contributed by atoms with Crippen LogP contribution in [0.1, 0.15) is 11.7 Å². The van der Waals surface area contributed by atoms with Gasteiger partial charge in [0.1, 0.15) is 35.7 Å². The molecule has 3 rings (SSSR count). The average molecular weight is 417 g/mol. The average Bonchev–Trinajstić information content (AvgIpc) is 3.18. The highest BCUT2D eigenvalue weighted by Gasteiger charge is 2.33. The number of benzene rings is 1.